The highest BCUT2D eigenvalue weighted by Crippen LogP contribution is 2.35. The predicted octanol–water partition coefficient (Wildman–Crippen LogP) is 4.98. The number of thioether (sulfide) groups is 1. The first-order valence-corrected chi connectivity index (χ1v) is 9.41. The van der Waals surface area contributed by atoms with Crippen LogP contribution in [-0.4, -0.2) is 28.8 Å². The third-order valence-corrected chi connectivity index (χ3v) is 5.33. The minimum absolute atomic E-state index is 0.0139. The zero-order valence-corrected chi connectivity index (χ0v) is 16.8. The van der Waals surface area contributed by atoms with Crippen LogP contribution in [0.5, 0.6) is 5.75 Å². The highest BCUT2D eigenvalue weighted by atomic mass is 32.2. The smallest absolute Gasteiger partial charge is 0.266 e. The zero-order valence-electron chi connectivity index (χ0n) is 15.2. The molecule has 1 aliphatic rings. The molecule has 0 bridgehead atoms. The number of benzene rings is 1. The maximum absolute atomic E-state index is 12.6. The van der Waals surface area contributed by atoms with Crippen molar-refractivity contribution in [1.29, 1.82) is 0 Å². The Morgan fingerprint density at radius 2 is 1.96 bits per heavy atom. The lowest BCUT2D eigenvalue weighted by atomic mass is 9.96. The van der Waals surface area contributed by atoms with E-state index in [1.54, 1.807) is 12.0 Å². The Labute approximate surface area is 154 Å². The van der Waals surface area contributed by atoms with E-state index in [9.17, 15) is 4.79 Å². The Hall–Kier alpha value is -1.33. The SMILES string of the molecule is COc1cc(C)c(/C=C2\SC(=S)N(CC(C)C)C2=O)cc1C(C)C. The minimum Gasteiger partial charge on any atom is -0.496 e. The average molecular weight is 364 g/mol. The largest absolute Gasteiger partial charge is 0.496 e. The first-order chi connectivity index (χ1) is 11.2. The molecule has 130 valence electrons. The van der Waals surface area contributed by atoms with Crippen molar-refractivity contribution < 1.29 is 9.53 Å². The summed E-state index contributed by atoms with van der Waals surface area (Å²) in [5, 5.41) is 0. The number of hydrogen-bond acceptors (Lipinski definition) is 4. The number of carbonyl (C=O) groups excluding carboxylic acids is 1. The molecular weight excluding hydrogens is 338 g/mol. The molecule has 2 rings (SSSR count). The summed E-state index contributed by atoms with van der Waals surface area (Å²) in [5.74, 6) is 1.65. The Morgan fingerprint density at radius 1 is 1.29 bits per heavy atom. The van der Waals surface area contributed by atoms with E-state index in [2.05, 4.69) is 33.8 Å². The van der Waals surface area contributed by atoms with E-state index < -0.39 is 0 Å². The highest BCUT2D eigenvalue weighted by molar-refractivity contribution is 8.26. The van der Waals surface area contributed by atoms with E-state index in [-0.39, 0.29) is 5.91 Å². The maximum Gasteiger partial charge on any atom is 0.266 e. The Bertz CT molecular complexity index is 693. The van der Waals surface area contributed by atoms with Crippen LogP contribution in [0.2, 0.25) is 0 Å². The van der Waals surface area contributed by atoms with Crippen LogP contribution in [-0.2, 0) is 4.79 Å². The molecule has 24 heavy (non-hydrogen) atoms. The number of ether oxygens (including phenoxy) is 1. The third-order valence-electron chi connectivity index (χ3n) is 3.95. The van der Waals surface area contributed by atoms with E-state index in [4.69, 9.17) is 17.0 Å². The molecule has 3 nitrogen and oxygen atoms in total. The first kappa shape index (κ1) is 19.0. The summed E-state index contributed by atoms with van der Waals surface area (Å²) in [5.41, 5.74) is 3.28. The second-order valence-electron chi connectivity index (χ2n) is 6.79. The number of carbonyl (C=O) groups is 1. The van der Waals surface area contributed by atoms with Crippen LogP contribution in [0.15, 0.2) is 17.0 Å². The molecule has 5 heteroatoms. The van der Waals surface area contributed by atoms with Crippen LogP contribution >= 0.6 is 24.0 Å². The summed E-state index contributed by atoms with van der Waals surface area (Å²) in [6.45, 7) is 11.2. The van der Waals surface area contributed by atoms with Crippen molar-refractivity contribution in [3.05, 3.63) is 33.7 Å². The van der Waals surface area contributed by atoms with Crippen molar-refractivity contribution in [2.45, 2.75) is 40.5 Å². The van der Waals surface area contributed by atoms with Crippen LogP contribution in [0.25, 0.3) is 6.08 Å². The summed E-state index contributed by atoms with van der Waals surface area (Å²) >= 11 is 6.77. The van der Waals surface area contributed by atoms with E-state index in [1.165, 1.54) is 11.8 Å². The lowest BCUT2D eigenvalue weighted by Gasteiger charge is -2.16. The van der Waals surface area contributed by atoms with Gasteiger partial charge in [-0.1, -0.05) is 51.7 Å². The molecule has 0 radical (unpaired) electrons. The summed E-state index contributed by atoms with van der Waals surface area (Å²) in [6.07, 6.45) is 1.96. The molecule has 0 aliphatic carbocycles. The van der Waals surface area contributed by atoms with Crippen molar-refractivity contribution in [3.8, 4) is 5.75 Å². The van der Waals surface area contributed by atoms with Crippen LogP contribution in [0.4, 0.5) is 0 Å². The van der Waals surface area contributed by atoms with E-state index in [1.807, 2.05) is 19.1 Å². The number of amides is 1. The number of nitrogens with zero attached hydrogens (tertiary/aromatic N) is 1. The van der Waals surface area contributed by atoms with Gasteiger partial charge in [0.25, 0.3) is 5.91 Å². The third kappa shape index (κ3) is 4.01. The van der Waals surface area contributed by atoms with Gasteiger partial charge >= 0.3 is 0 Å². The second-order valence-corrected chi connectivity index (χ2v) is 8.47. The summed E-state index contributed by atoms with van der Waals surface area (Å²) in [6, 6.07) is 4.16. The number of hydrogen-bond donors (Lipinski definition) is 0. The molecule has 1 heterocycles. The van der Waals surface area contributed by atoms with Crippen molar-refractivity contribution in [3.63, 3.8) is 0 Å². The maximum atomic E-state index is 12.6. The molecule has 1 aromatic carbocycles. The molecule has 1 aliphatic heterocycles. The topological polar surface area (TPSA) is 29.5 Å². The summed E-state index contributed by atoms with van der Waals surface area (Å²) < 4.78 is 6.14. The fraction of sp³-hybridized carbons (Fsp3) is 0.474. The molecular formula is C19H25NO2S2. The Kier molecular flexibility index (Phi) is 6.10. The van der Waals surface area contributed by atoms with Gasteiger partial charge < -0.3 is 4.74 Å². The van der Waals surface area contributed by atoms with Gasteiger partial charge in [-0.25, -0.2) is 0 Å². The van der Waals surface area contributed by atoms with Crippen LogP contribution in [0.1, 0.15) is 50.3 Å². The second kappa shape index (κ2) is 7.70. The van der Waals surface area contributed by atoms with Crippen molar-refractivity contribution in [2.75, 3.05) is 13.7 Å². The number of rotatable bonds is 5. The first-order valence-electron chi connectivity index (χ1n) is 8.18. The quantitative estimate of drug-likeness (QED) is 0.545. The Morgan fingerprint density at radius 3 is 2.50 bits per heavy atom. The number of aryl methyl sites for hydroxylation is 1. The predicted molar refractivity (Wildman–Crippen MR) is 107 cm³/mol. The normalized spacial score (nSPS) is 16.8. The standard InChI is InChI=1S/C19H25NO2S2/c1-11(2)10-20-18(21)17(24-19(20)23)9-14-8-15(12(3)4)16(22-6)7-13(14)5/h7-9,11-12H,10H2,1-6H3/b17-9-. The minimum atomic E-state index is 0.0139. The fourth-order valence-corrected chi connectivity index (χ4v) is 3.93. The molecule has 0 N–H and O–H groups in total. The molecule has 0 atom stereocenters. The Balaban J connectivity index is 2.39. The van der Waals surface area contributed by atoms with Crippen molar-refractivity contribution in [1.82, 2.24) is 4.90 Å². The van der Waals surface area contributed by atoms with Gasteiger partial charge in [-0.05, 0) is 53.7 Å². The summed E-state index contributed by atoms with van der Waals surface area (Å²) in [4.78, 5) is 15.0. The van der Waals surface area contributed by atoms with Gasteiger partial charge in [0.2, 0.25) is 0 Å². The van der Waals surface area contributed by atoms with Crippen LogP contribution in [0, 0.1) is 12.8 Å². The monoisotopic (exact) mass is 363 g/mol. The molecule has 0 unspecified atom stereocenters. The molecule has 0 saturated carbocycles. The fourth-order valence-electron chi connectivity index (χ4n) is 2.66. The lowest BCUT2D eigenvalue weighted by Crippen LogP contribution is -2.31. The molecule has 1 fully saturated rings. The molecule has 1 saturated heterocycles. The van der Waals surface area contributed by atoms with Crippen molar-refractivity contribution in [2.24, 2.45) is 5.92 Å². The number of methoxy groups -OCH3 is 1. The molecule has 1 aromatic rings. The van der Waals surface area contributed by atoms with Crippen molar-refractivity contribution >= 4 is 40.3 Å². The average Bonchev–Trinajstić information content (AvgIpc) is 2.75. The van der Waals surface area contributed by atoms with Gasteiger partial charge in [0.05, 0.1) is 12.0 Å². The van der Waals surface area contributed by atoms with Gasteiger partial charge in [0, 0.05) is 6.54 Å². The van der Waals surface area contributed by atoms with Gasteiger partial charge in [-0.3, -0.25) is 9.69 Å². The molecule has 1 amide bonds. The van der Waals surface area contributed by atoms with Gasteiger partial charge in [0.1, 0.15) is 10.1 Å². The highest BCUT2D eigenvalue weighted by Gasteiger charge is 2.32. The number of thiocarbonyl (C=S) groups is 1. The van der Waals surface area contributed by atoms with Crippen LogP contribution in [0.3, 0.4) is 0 Å². The van der Waals surface area contributed by atoms with Crippen LogP contribution < -0.4 is 4.74 Å². The van der Waals surface area contributed by atoms with E-state index >= 15 is 0 Å². The summed E-state index contributed by atoms with van der Waals surface area (Å²) in [7, 11) is 1.69. The molecule has 0 aromatic heterocycles. The van der Waals surface area contributed by atoms with E-state index in [0.717, 1.165) is 22.4 Å². The van der Waals surface area contributed by atoms with Gasteiger partial charge in [-0.2, -0.15) is 0 Å². The van der Waals surface area contributed by atoms with Gasteiger partial charge in [-0.15, -0.1) is 0 Å². The molecule has 0 spiro atoms. The van der Waals surface area contributed by atoms with Gasteiger partial charge in [0.15, 0.2) is 0 Å². The lowest BCUT2D eigenvalue weighted by molar-refractivity contribution is -0.122. The zero-order chi connectivity index (χ0) is 18.0. The van der Waals surface area contributed by atoms with E-state index in [0.29, 0.717) is 27.6 Å².